The van der Waals surface area contributed by atoms with E-state index in [0.717, 1.165) is 70.6 Å². The Hall–Kier alpha value is -2.71. The second-order valence-corrected chi connectivity index (χ2v) is 20.9. The summed E-state index contributed by atoms with van der Waals surface area (Å²) in [5.74, 6) is -1.46. The number of esters is 2. The second-order valence-electron chi connectivity index (χ2n) is 20.9. The molecule has 0 fully saturated rings. The Labute approximate surface area is 426 Å². The molecule has 0 saturated heterocycles. The Morgan fingerprint density at radius 3 is 1.20 bits per heavy atom. The molecule has 0 saturated carbocycles. The van der Waals surface area contributed by atoms with E-state index in [0.29, 0.717) is 19.3 Å². The quantitative estimate of drug-likeness (QED) is 0.0280. The molecule has 0 aromatic carbocycles. The number of carbonyl (C=O) groups excluding carboxylic acids is 2. The minimum Gasteiger partial charge on any atom is -0.477 e. The van der Waals surface area contributed by atoms with Crippen molar-refractivity contribution in [2.24, 2.45) is 0 Å². The van der Waals surface area contributed by atoms with Crippen LogP contribution < -0.4 is 0 Å². The van der Waals surface area contributed by atoms with Crippen LogP contribution >= 0.6 is 0 Å². The molecule has 1 N–H and O–H groups in total. The molecule has 0 aliphatic rings. The molecule has 0 heterocycles. The third-order valence-electron chi connectivity index (χ3n) is 13.2. The molecule has 2 unspecified atom stereocenters. The third-order valence-corrected chi connectivity index (χ3v) is 13.2. The number of carbonyl (C=O) groups is 3. The van der Waals surface area contributed by atoms with Crippen molar-refractivity contribution in [3.8, 4) is 0 Å². The zero-order valence-electron chi connectivity index (χ0n) is 46.0. The van der Waals surface area contributed by atoms with E-state index in [2.05, 4.69) is 62.5 Å². The maximum atomic E-state index is 12.8. The summed E-state index contributed by atoms with van der Waals surface area (Å²) in [5, 5.41) is 9.68. The first-order chi connectivity index (χ1) is 33.6. The summed E-state index contributed by atoms with van der Waals surface area (Å²) in [7, 11) is 5.55. The Morgan fingerprint density at radius 2 is 0.812 bits per heavy atom. The van der Waals surface area contributed by atoms with Crippen molar-refractivity contribution < 1.29 is 38.2 Å². The summed E-state index contributed by atoms with van der Waals surface area (Å²) in [5.41, 5.74) is 0. The van der Waals surface area contributed by atoms with E-state index in [1.807, 2.05) is 21.1 Å². The molecule has 0 aliphatic heterocycles. The number of hydrogen-bond acceptors (Lipinski definition) is 6. The number of aliphatic carboxylic acids is 1. The van der Waals surface area contributed by atoms with Crippen LogP contribution in [-0.4, -0.2) is 80.6 Å². The van der Waals surface area contributed by atoms with Crippen molar-refractivity contribution in [2.75, 3.05) is 41.0 Å². The number of carboxylic acid groups (broad SMARTS) is 1. The zero-order valence-corrected chi connectivity index (χ0v) is 46.0. The predicted octanol–water partition coefficient (Wildman–Crippen LogP) is 17.5. The van der Waals surface area contributed by atoms with E-state index in [1.165, 1.54) is 167 Å². The first kappa shape index (κ1) is 66.3. The van der Waals surface area contributed by atoms with Gasteiger partial charge in [0.2, 0.25) is 0 Å². The topological polar surface area (TPSA) is 99.1 Å². The molecule has 8 heteroatoms. The molecule has 0 aliphatic carbocycles. The number of nitrogens with zero attached hydrogens (tertiary/aromatic N) is 1. The van der Waals surface area contributed by atoms with Gasteiger partial charge in [-0.2, -0.15) is 0 Å². The summed E-state index contributed by atoms with van der Waals surface area (Å²) in [6, 6.07) is -0.617. The van der Waals surface area contributed by atoms with Gasteiger partial charge in [-0.15, -0.1) is 0 Å². The van der Waals surface area contributed by atoms with Gasteiger partial charge in [0.1, 0.15) is 6.61 Å². The smallest absolute Gasteiger partial charge is 0.362 e. The van der Waals surface area contributed by atoms with Crippen LogP contribution in [0.3, 0.4) is 0 Å². The first-order valence-electron chi connectivity index (χ1n) is 29.2. The zero-order chi connectivity index (χ0) is 50.6. The van der Waals surface area contributed by atoms with Gasteiger partial charge in [0, 0.05) is 19.3 Å². The fourth-order valence-electron chi connectivity index (χ4n) is 8.79. The van der Waals surface area contributed by atoms with Crippen LogP contribution in [0.25, 0.3) is 0 Å². The van der Waals surface area contributed by atoms with Crippen LogP contribution in [0.15, 0.2) is 48.6 Å². The predicted molar refractivity (Wildman–Crippen MR) is 294 cm³/mol. The average Bonchev–Trinajstić information content (AvgIpc) is 3.31. The van der Waals surface area contributed by atoms with Gasteiger partial charge in [-0.3, -0.25) is 9.59 Å². The Morgan fingerprint density at radius 1 is 0.449 bits per heavy atom. The largest absolute Gasteiger partial charge is 0.477 e. The normalized spacial score (nSPS) is 13.1. The lowest BCUT2D eigenvalue weighted by Crippen LogP contribution is -2.50. The number of ether oxygens (including phenoxy) is 3. The number of quaternary nitrogens is 1. The highest BCUT2D eigenvalue weighted by Crippen LogP contribution is 2.17. The molecule has 0 rings (SSSR count). The van der Waals surface area contributed by atoms with Gasteiger partial charge >= 0.3 is 17.9 Å². The van der Waals surface area contributed by atoms with Gasteiger partial charge in [0.25, 0.3) is 0 Å². The van der Waals surface area contributed by atoms with Crippen LogP contribution in [0.1, 0.15) is 271 Å². The third kappa shape index (κ3) is 50.0. The van der Waals surface area contributed by atoms with E-state index in [4.69, 9.17) is 14.2 Å². The maximum Gasteiger partial charge on any atom is 0.362 e. The van der Waals surface area contributed by atoms with Crippen molar-refractivity contribution in [3.05, 3.63) is 48.6 Å². The molecular formula is C61H112NO7+. The van der Waals surface area contributed by atoms with Crippen LogP contribution in [0.4, 0.5) is 0 Å². The van der Waals surface area contributed by atoms with E-state index in [1.54, 1.807) is 0 Å². The molecule has 0 radical (unpaired) electrons. The standard InChI is InChI=1S/C61H111NO7/c1-6-8-10-12-14-16-18-20-22-24-26-28-30-32-33-35-37-39-41-43-45-47-49-51-59(63)68-56-57(55-67-54-53-58(61(65)66)62(3,4)5)69-60(64)52-50-48-46-44-42-40-38-36-34-31-29-27-25-23-21-19-17-15-13-11-9-7-2/h9,11,15,17,21,23,27,29,57-58H,6-8,10,12-14,16,18-20,22,24-26,28,30-56H2,1-5H3/p+1/b11-9+,17-15+,23-21+,29-27+. The fourth-order valence-corrected chi connectivity index (χ4v) is 8.79. The first-order valence-corrected chi connectivity index (χ1v) is 29.2. The minimum atomic E-state index is -0.873. The van der Waals surface area contributed by atoms with Crippen molar-refractivity contribution in [2.45, 2.75) is 283 Å². The average molecular weight is 972 g/mol. The van der Waals surface area contributed by atoms with E-state index < -0.39 is 18.1 Å². The minimum absolute atomic E-state index is 0.0505. The highest BCUT2D eigenvalue weighted by atomic mass is 16.6. The summed E-state index contributed by atoms with van der Waals surface area (Å²) in [6.07, 6.45) is 64.6. The molecule has 0 aromatic rings. The van der Waals surface area contributed by atoms with Crippen LogP contribution in [0.2, 0.25) is 0 Å². The highest BCUT2D eigenvalue weighted by molar-refractivity contribution is 5.72. The number of rotatable bonds is 53. The SMILES string of the molecule is CC/C=C/C/C=C/C/C=C/C/C=C/CCCCCCCCCCCC(=O)OC(COCCC(C(=O)O)[N+](C)(C)C)COC(=O)CCCCCCCCCCCCCCCCCCCCCCCCC. The van der Waals surface area contributed by atoms with Crippen molar-refractivity contribution in [1.82, 2.24) is 0 Å². The Bertz CT molecular complexity index is 1270. The van der Waals surface area contributed by atoms with Gasteiger partial charge in [0.05, 0.1) is 34.4 Å². The molecule has 2 atom stereocenters. The van der Waals surface area contributed by atoms with Gasteiger partial charge < -0.3 is 23.8 Å². The Kier molecular flexibility index (Phi) is 49.6. The fraction of sp³-hybridized carbons (Fsp3) is 0.820. The summed E-state index contributed by atoms with van der Waals surface area (Å²) in [6.45, 7) is 4.67. The number of carboxylic acids is 1. The number of allylic oxidation sites excluding steroid dienone is 8. The monoisotopic (exact) mass is 971 g/mol. The van der Waals surface area contributed by atoms with Gasteiger partial charge in [0.15, 0.2) is 12.1 Å². The molecule has 402 valence electrons. The van der Waals surface area contributed by atoms with Gasteiger partial charge in [-0.25, -0.2) is 4.79 Å². The lowest BCUT2D eigenvalue weighted by molar-refractivity contribution is -0.887. The molecule has 69 heavy (non-hydrogen) atoms. The summed E-state index contributed by atoms with van der Waals surface area (Å²) in [4.78, 5) is 37.3. The molecule has 8 nitrogen and oxygen atoms in total. The molecule has 0 aromatic heterocycles. The lowest BCUT2D eigenvalue weighted by Gasteiger charge is -2.31. The number of unbranched alkanes of at least 4 members (excludes halogenated alkanes) is 31. The number of hydrogen-bond donors (Lipinski definition) is 1. The molecule has 0 bridgehead atoms. The van der Waals surface area contributed by atoms with E-state index in [-0.39, 0.29) is 36.2 Å². The molecule has 0 spiro atoms. The second kappa shape index (κ2) is 51.6. The van der Waals surface area contributed by atoms with Crippen molar-refractivity contribution in [1.29, 1.82) is 0 Å². The number of likely N-dealkylation sites (N-methyl/N-ethyl adjacent to an activating group) is 1. The Balaban J connectivity index is 4.14. The van der Waals surface area contributed by atoms with Crippen LogP contribution in [-0.2, 0) is 28.6 Å². The highest BCUT2D eigenvalue weighted by Gasteiger charge is 2.31. The summed E-state index contributed by atoms with van der Waals surface area (Å²) < 4.78 is 17.4. The lowest BCUT2D eigenvalue weighted by atomic mass is 10.0. The van der Waals surface area contributed by atoms with Gasteiger partial charge in [-0.1, -0.05) is 249 Å². The molecular weight excluding hydrogens is 859 g/mol. The molecule has 0 amide bonds. The van der Waals surface area contributed by atoms with Crippen LogP contribution in [0, 0.1) is 0 Å². The van der Waals surface area contributed by atoms with E-state index in [9.17, 15) is 19.5 Å². The maximum absolute atomic E-state index is 12.8. The van der Waals surface area contributed by atoms with Crippen molar-refractivity contribution >= 4 is 17.9 Å². The van der Waals surface area contributed by atoms with Crippen LogP contribution in [0.5, 0.6) is 0 Å². The van der Waals surface area contributed by atoms with E-state index >= 15 is 0 Å². The van der Waals surface area contributed by atoms with Gasteiger partial charge in [-0.05, 0) is 51.4 Å². The summed E-state index contributed by atoms with van der Waals surface area (Å²) >= 11 is 0. The van der Waals surface area contributed by atoms with Crippen molar-refractivity contribution in [3.63, 3.8) is 0 Å².